The number of aromatic nitrogens is 3. The number of hydrogen-bond acceptors (Lipinski definition) is 5. The molecule has 0 saturated carbocycles. The lowest BCUT2D eigenvalue weighted by Gasteiger charge is -2.17. The van der Waals surface area contributed by atoms with Gasteiger partial charge in [0, 0.05) is 36.0 Å². The van der Waals surface area contributed by atoms with E-state index >= 15 is 0 Å². The molecule has 4 rings (SSSR count). The van der Waals surface area contributed by atoms with Gasteiger partial charge in [-0.3, -0.25) is 14.3 Å². The second kappa shape index (κ2) is 7.27. The van der Waals surface area contributed by atoms with Gasteiger partial charge in [-0.2, -0.15) is 5.10 Å². The van der Waals surface area contributed by atoms with E-state index in [1.54, 1.807) is 27.5 Å². The van der Waals surface area contributed by atoms with Crippen LogP contribution in [0.5, 0.6) is 0 Å². The number of aryl methyl sites for hydroxylation is 2. The van der Waals surface area contributed by atoms with Crippen LogP contribution < -0.4 is 10.2 Å². The summed E-state index contributed by atoms with van der Waals surface area (Å²) in [5.74, 6) is -0.591. The van der Waals surface area contributed by atoms with Crippen molar-refractivity contribution in [3.63, 3.8) is 0 Å². The molecule has 1 aliphatic heterocycles. The average molecular weight is 395 g/mol. The van der Waals surface area contributed by atoms with Gasteiger partial charge in [0.15, 0.2) is 5.65 Å². The third-order valence-electron chi connectivity index (χ3n) is 5.01. The summed E-state index contributed by atoms with van der Waals surface area (Å²) in [5, 5.41) is 8.15. The van der Waals surface area contributed by atoms with Gasteiger partial charge in [0.2, 0.25) is 11.8 Å². The summed E-state index contributed by atoms with van der Waals surface area (Å²) < 4.78 is 1.71. The standard InChI is InChI=1S/C20H21N5O2S/c1-12-17-9-14(10-21-19(17)24(2)23-12)22-20(27)13-8-18(26)25(11-13)15-4-6-16(28-3)7-5-15/h4-7,9-10,13H,8,11H2,1-3H3,(H,22,27). The minimum atomic E-state index is -0.390. The quantitative estimate of drug-likeness (QED) is 0.687. The average Bonchev–Trinajstić information content (AvgIpc) is 3.22. The van der Waals surface area contributed by atoms with E-state index in [9.17, 15) is 9.59 Å². The predicted octanol–water partition coefficient (Wildman–Crippen LogP) is 2.99. The molecule has 1 aromatic carbocycles. The molecule has 8 heteroatoms. The van der Waals surface area contributed by atoms with Gasteiger partial charge in [0.25, 0.3) is 0 Å². The van der Waals surface area contributed by atoms with E-state index in [0.29, 0.717) is 12.2 Å². The minimum absolute atomic E-state index is 0.0336. The van der Waals surface area contributed by atoms with E-state index in [4.69, 9.17) is 0 Å². The first kappa shape index (κ1) is 18.5. The first-order chi connectivity index (χ1) is 13.5. The van der Waals surface area contributed by atoms with Crippen LogP contribution >= 0.6 is 11.8 Å². The molecule has 1 fully saturated rings. The molecule has 2 amide bonds. The molecule has 0 radical (unpaired) electrons. The molecule has 3 heterocycles. The first-order valence-electron chi connectivity index (χ1n) is 9.01. The highest BCUT2D eigenvalue weighted by Gasteiger charge is 2.35. The maximum absolute atomic E-state index is 12.7. The van der Waals surface area contributed by atoms with E-state index in [1.165, 1.54) is 0 Å². The number of carbonyl (C=O) groups excluding carboxylic acids is 2. The Morgan fingerprint density at radius 1 is 1.29 bits per heavy atom. The van der Waals surface area contributed by atoms with Crippen LogP contribution in [0, 0.1) is 12.8 Å². The van der Waals surface area contributed by atoms with Crippen LogP contribution in [0.25, 0.3) is 11.0 Å². The van der Waals surface area contributed by atoms with Gasteiger partial charge in [-0.05, 0) is 43.5 Å². The van der Waals surface area contributed by atoms with Gasteiger partial charge in [-0.25, -0.2) is 4.98 Å². The number of carbonyl (C=O) groups is 2. The van der Waals surface area contributed by atoms with Crippen LogP contribution in [-0.2, 0) is 16.6 Å². The molecule has 3 aromatic rings. The number of pyridine rings is 1. The van der Waals surface area contributed by atoms with Gasteiger partial charge in [-0.15, -0.1) is 11.8 Å². The second-order valence-electron chi connectivity index (χ2n) is 6.90. The highest BCUT2D eigenvalue weighted by molar-refractivity contribution is 7.98. The van der Waals surface area contributed by atoms with Gasteiger partial charge in [-0.1, -0.05) is 0 Å². The zero-order valence-electron chi connectivity index (χ0n) is 16.0. The molecule has 1 unspecified atom stereocenters. The van der Waals surface area contributed by atoms with Gasteiger partial charge >= 0.3 is 0 Å². The molecule has 28 heavy (non-hydrogen) atoms. The smallest absolute Gasteiger partial charge is 0.229 e. The summed E-state index contributed by atoms with van der Waals surface area (Å²) in [6.45, 7) is 2.29. The van der Waals surface area contributed by atoms with Gasteiger partial charge in [0.1, 0.15) is 0 Å². The number of nitrogens with one attached hydrogen (secondary N) is 1. The maximum Gasteiger partial charge on any atom is 0.229 e. The summed E-state index contributed by atoms with van der Waals surface area (Å²) in [7, 11) is 1.84. The fourth-order valence-electron chi connectivity index (χ4n) is 3.52. The van der Waals surface area contributed by atoms with E-state index < -0.39 is 5.92 Å². The third kappa shape index (κ3) is 3.35. The highest BCUT2D eigenvalue weighted by atomic mass is 32.2. The molecular weight excluding hydrogens is 374 g/mol. The Labute approximate surface area is 167 Å². The molecule has 7 nitrogen and oxygen atoms in total. The summed E-state index contributed by atoms with van der Waals surface area (Å²) in [6, 6.07) is 9.69. The maximum atomic E-state index is 12.7. The topological polar surface area (TPSA) is 80.1 Å². The fraction of sp³-hybridized carbons (Fsp3) is 0.300. The Morgan fingerprint density at radius 2 is 2.04 bits per heavy atom. The summed E-state index contributed by atoms with van der Waals surface area (Å²) in [6.07, 6.45) is 3.84. The number of nitrogens with zero attached hydrogens (tertiary/aromatic N) is 4. The zero-order valence-corrected chi connectivity index (χ0v) is 16.8. The molecule has 2 aromatic heterocycles. The van der Waals surface area contributed by atoms with Crippen molar-refractivity contribution >= 4 is 46.0 Å². The Hall–Kier alpha value is -2.87. The summed E-state index contributed by atoms with van der Waals surface area (Å²) in [4.78, 5) is 32.4. The molecule has 0 spiro atoms. The zero-order chi connectivity index (χ0) is 19.8. The van der Waals surface area contributed by atoms with Crippen LogP contribution in [0.1, 0.15) is 12.1 Å². The number of rotatable bonds is 4. The lowest BCUT2D eigenvalue weighted by Crippen LogP contribution is -2.28. The van der Waals surface area contributed by atoms with Gasteiger partial charge < -0.3 is 10.2 Å². The Balaban J connectivity index is 1.48. The Kier molecular flexibility index (Phi) is 4.80. The molecule has 1 saturated heterocycles. The molecule has 0 bridgehead atoms. The molecule has 1 atom stereocenters. The monoisotopic (exact) mass is 395 g/mol. The molecule has 1 aliphatic rings. The van der Waals surface area contributed by atoms with Crippen molar-refractivity contribution in [1.82, 2.24) is 14.8 Å². The van der Waals surface area contributed by atoms with Crippen molar-refractivity contribution in [3.8, 4) is 0 Å². The van der Waals surface area contributed by atoms with E-state index in [1.807, 2.05) is 50.6 Å². The van der Waals surface area contributed by atoms with E-state index in [2.05, 4.69) is 15.4 Å². The Morgan fingerprint density at radius 3 is 2.75 bits per heavy atom. The molecule has 144 valence electrons. The van der Waals surface area contributed by atoms with Crippen molar-refractivity contribution in [1.29, 1.82) is 0 Å². The van der Waals surface area contributed by atoms with Gasteiger partial charge in [0.05, 0.1) is 23.5 Å². The number of amides is 2. The molecular formula is C20H21N5O2S. The van der Waals surface area contributed by atoms with Crippen LogP contribution in [0.4, 0.5) is 11.4 Å². The lowest BCUT2D eigenvalue weighted by atomic mass is 10.1. The number of hydrogen-bond donors (Lipinski definition) is 1. The van der Waals surface area contributed by atoms with Crippen LogP contribution in [0.2, 0.25) is 0 Å². The molecule has 0 aliphatic carbocycles. The highest BCUT2D eigenvalue weighted by Crippen LogP contribution is 2.28. The van der Waals surface area contributed by atoms with E-state index in [-0.39, 0.29) is 18.2 Å². The second-order valence-corrected chi connectivity index (χ2v) is 7.78. The van der Waals surface area contributed by atoms with Crippen molar-refractivity contribution in [2.75, 3.05) is 23.0 Å². The predicted molar refractivity (Wildman–Crippen MR) is 111 cm³/mol. The Bertz CT molecular complexity index is 1060. The number of benzene rings is 1. The van der Waals surface area contributed by atoms with E-state index in [0.717, 1.165) is 27.3 Å². The fourth-order valence-corrected chi connectivity index (χ4v) is 3.92. The van der Waals surface area contributed by atoms with Crippen LogP contribution in [-0.4, -0.2) is 39.4 Å². The van der Waals surface area contributed by atoms with Crippen molar-refractivity contribution in [2.45, 2.75) is 18.2 Å². The molecule has 1 N–H and O–H groups in total. The summed E-state index contributed by atoms with van der Waals surface area (Å²) >= 11 is 1.65. The largest absolute Gasteiger partial charge is 0.324 e. The normalized spacial score (nSPS) is 16.8. The number of anilines is 2. The van der Waals surface area contributed by atoms with Crippen LogP contribution in [0.15, 0.2) is 41.4 Å². The summed E-state index contributed by atoms with van der Waals surface area (Å²) in [5.41, 5.74) is 3.07. The van der Waals surface area contributed by atoms with Crippen molar-refractivity contribution in [3.05, 3.63) is 42.2 Å². The number of thioether (sulfide) groups is 1. The number of fused-ring (bicyclic) bond motifs is 1. The van der Waals surface area contributed by atoms with Crippen LogP contribution in [0.3, 0.4) is 0 Å². The van der Waals surface area contributed by atoms with Crippen molar-refractivity contribution in [2.24, 2.45) is 13.0 Å². The lowest BCUT2D eigenvalue weighted by molar-refractivity contribution is -0.122. The van der Waals surface area contributed by atoms with Crippen molar-refractivity contribution < 1.29 is 9.59 Å². The third-order valence-corrected chi connectivity index (χ3v) is 5.75. The SMILES string of the molecule is CSc1ccc(N2CC(C(=O)Nc3cnc4c(c3)c(C)nn4C)CC2=O)cc1. The first-order valence-corrected chi connectivity index (χ1v) is 10.2. The minimum Gasteiger partial charge on any atom is -0.324 e.